The van der Waals surface area contributed by atoms with Crippen LogP contribution in [-0.2, 0) is 11.3 Å². The largest absolute Gasteiger partial charge is 0.342 e. The molecule has 0 saturated carbocycles. The topological polar surface area (TPSA) is 88.9 Å². The number of thioether (sulfide) groups is 1. The van der Waals surface area contributed by atoms with E-state index in [1.54, 1.807) is 12.1 Å². The van der Waals surface area contributed by atoms with Gasteiger partial charge >= 0.3 is 0 Å². The lowest BCUT2D eigenvalue weighted by atomic mass is 10.2. The van der Waals surface area contributed by atoms with E-state index in [-0.39, 0.29) is 22.6 Å². The molecule has 32 heavy (non-hydrogen) atoms. The minimum Gasteiger partial charge on any atom is -0.342 e. The number of carbonyl (C=O) groups is 2. The summed E-state index contributed by atoms with van der Waals surface area (Å²) in [6, 6.07) is 11.9. The number of amides is 2. The van der Waals surface area contributed by atoms with E-state index in [0.717, 1.165) is 11.3 Å². The summed E-state index contributed by atoms with van der Waals surface area (Å²) in [6.45, 7) is 6.33. The Hall–Kier alpha value is -2.55. The van der Waals surface area contributed by atoms with E-state index in [1.807, 2.05) is 49.6 Å². The minimum absolute atomic E-state index is 0.133. The zero-order valence-corrected chi connectivity index (χ0v) is 20.2. The van der Waals surface area contributed by atoms with Crippen molar-refractivity contribution in [2.75, 3.05) is 11.1 Å². The fourth-order valence-electron chi connectivity index (χ4n) is 3.09. The maximum Gasteiger partial charge on any atom is 0.253 e. The van der Waals surface area contributed by atoms with Gasteiger partial charge in [-0.15, -0.1) is 10.2 Å². The second kappa shape index (κ2) is 10.8. The molecule has 2 N–H and O–H groups in total. The van der Waals surface area contributed by atoms with Crippen LogP contribution in [0.25, 0.3) is 0 Å². The third-order valence-corrected chi connectivity index (χ3v) is 6.12. The first-order chi connectivity index (χ1) is 15.3. The number of aromatic nitrogens is 3. The van der Waals surface area contributed by atoms with E-state index in [0.29, 0.717) is 28.1 Å². The molecule has 1 atom stereocenters. The van der Waals surface area contributed by atoms with Crippen molar-refractivity contribution in [3.05, 3.63) is 69.5 Å². The zero-order chi connectivity index (χ0) is 23.3. The summed E-state index contributed by atoms with van der Waals surface area (Å²) in [5, 5.41) is 15.5. The lowest BCUT2D eigenvalue weighted by molar-refractivity contribution is -0.113. The number of carbonyl (C=O) groups excluding carboxylic acids is 2. The highest BCUT2D eigenvalue weighted by Crippen LogP contribution is 2.24. The quantitative estimate of drug-likeness (QED) is 0.426. The number of aryl methyl sites for hydroxylation is 1. The zero-order valence-electron chi connectivity index (χ0n) is 17.9. The predicted molar refractivity (Wildman–Crippen MR) is 129 cm³/mol. The first kappa shape index (κ1) is 24.1. The van der Waals surface area contributed by atoms with Gasteiger partial charge in [0.2, 0.25) is 5.91 Å². The SMILES string of the molecule is CCn1c(SCC(=O)Nc2cccc(C)c2)nnc1[C@@H](C)NC(=O)c1ccc(Cl)cc1Cl. The Bertz CT molecular complexity index is 1140. The van der Waals surface area contributed by atoms with Gasteiger partial charge in [-0.3, -0.25) is 9.59 Å². The fraction of sp³-hybridized carbons (Fsp3) is 0.273. The molecular weight excluding hydrogens is 469 g/mol. The van der Waals surface area contributed by atoms with Gasteiger partial charge in [0.15, 0.2) is 11.0 Å². The maximum absolute atomic E-state index is 12.6. The van der Waals surface area contributed by atoms with Crippen molar-refractivity contribution in [1.29, 1.82) is 0 Å². The third kappa shape index (κ3) is 6.03. The summed E-state index contributed by atoms with van der Waals surface area (Å²) >= 11 is 13.3. The van der Waals surface area contributed by atoms with Gasteiger partial charge in [0.25, 0.3) is 5.91 Å². The van der Waals surface area contributed by atoms with Crippen LogP contribution in [0.1, 0.15) is 41.6 Å². The summed E-state index contributed by atoms with van der Waals surface area (Å²) in [4.78, 5) is 25.0. The number of hydrogen-bond acceptors (Lipinski definition) is 5. The first-order valence-electron chi connectivity index (χ1n) is 9.96. The fourth-order valence-corrected chi connectivity index (χ4v) is 4.39. The van der Waals surface area contributed by atoms with Crippen molar-refractivity contribution in [2.24, 2.45) is 0 Å². The molecule has 0 radical (unpaired) electrons. The number of benzene rings is 2. The van der Waals surface area contributed by atoms with E-state index in [1.165, 1.54) is 17.8 Å². The molecule has 0 unspecified atom stereocenters. The predicted octanol–water partition coefficient (Wildman–Crippen LogP) is 5.14. The number of nitrogens with one attached hydrogen (secondary N) is 2. The molecule has 0 fully saturated rings. The summed E-state index contributed by atoms with van der Waals surface area (Å²) in [7, 11) is 0. The van der Waals surface area contributed by atoms with Crippen molar-refractivity contribution in [1.82, 2.24) is 20.1 Å². The smallest absolute Gasteiger partial charge is 0.253 e. The van der Waals surface area contributed by atoms with Gasteiger partial charge in [0, 0.05) is 17.3 Å². The minimum atomic E-state index is -0.419. The summed E-state index contributed by atoms with van der Waals surface area (Å²) in [5.74, 6) is 0.309. The summed E-state index contributed by atoms with van der Waals surface area (Å²) < 4.78 is 1.87. The van der Waals surface area contributed by atoms with Crippen LogP contribution < -0.4 is 10.6 Å². The summed E-state index contributed by atoms with van der Waals surface area (Å²) in [6.07, 6.45) is 0. The van der Waals surface area contributed by atoms with Crippen LogP contribution in [0.5, 0.6) is 0 Å². The molecule has 10 heteroatoms. The van der Waals surface area contributed by atoms with Gasteiger partial charge in [-0.05, 0) is 56.7 Å². The van der Waals surface area contributed by atoms with Crippen molar-refractivity contribution in [3.63, 3.8) is 0 Å². The molecule has 3 rings (SSSR count). The van der Waals surface area contributed by atoms with Gasteiger partial charge in [-0.25, -0.2) is 0 Å². The molecule has 0 aliphatic heterocycles. The van der Waals surface area contributed by atoms with Crippen LogP contribution in [-0.4, -0.2) is 32.3 Å². The lowest BCUT2D eigenvalue weighted by Crippen LogP contribution is -2.29. The van der Waals surface area contributed by atoms with Gasteiger partial charge in [-0.2, -0.15) is 0 Å². The Labute approximate surface area is 200 Å². The van der Waals surface area contributed by atoms with E-state index < -0.39 is 6.04 Å². The number of halogens is 2. The monoisotopic (exact) mass is 491 g/mol. The molecule has 0 aliphatic carbocycles. The van der Waals surface area contributed by atoms with Crippen LogP contribution in [0.3, 0.4) is 0 Å². The number of nitrogens with zero attached hydrogens (tertiary/aromatic N) is 3. The van der Waals surface area contributed by atoms with Crippen molar-refractivity contribution >= 4 is 52.5 Å². The van der Waals surface area contributed by atoms with Gasteiger partial charge < -0.3 is 15.2 Å². The second-order valence-electron chi connectivity index (χ2n) is 7.11. The molecule has 1 heterocycles. The molecule has 2 aromatic carbocycles. The Morgan fingerprint density at radius 2 is 1.94 bits per heavy atom. The molecule has 0 spiro atoms. The normalized spacial score (nSPS) is 11.8. The van der Waals surface area contributed by atoms with E-state index in [9.17, 15) is 9.59 Å². The maximum atomic E-state index is 12.6. The Balaban J connectivity index is 1.64. The van der Waals surface area contributed by atoms with Crippen LogP contribution >= 0.6 is 35.0 Å². The Morgan fingerprint density at radius 3 is 2.62 bits per heavy atom. The van der Waals surface area contributed by atoms with Crippen LogP contribution in [0.2, 0.25) is 10.0 Å². The average Bonchev–Trinajstić information content (AvgIpc) is 3.15. The van der Waals surface area contributed by atoms with Crippen molar-refractivity contribution < 1.29 is 9.59 Å². The molecule has 0 aliphatic rings. The Morgan fingerprint density at radius 1 is 1.16 bits per heavy atom. The molecular formula is C22H23Cl2N5O2S. The van der Waals surface area contributed by atoms with Gasteiger partial charge in [0.05, 0.1) is 22.4 Å². The summed E-state index contributed by atoms with van der Waals surface area (Å²) in [5.41, 5.74) is 2.15. The second-order valence-corrected chi connectivity index (χ2v) is 8.90. The number of hydrogen-bond donors (Lipinski definition) is 2. The van der Waals surface area contributed by atoms with Gasteiger partial charge in [0.1, 0.15) is 0 Å². The highest BCUT2D eigenvalue weighted by Gasteiger charge is 2.21. The highest BCUT2D eigenvalue weighted by molar-refractivity contribution is 7.99. The molecule has 7 nitrogen and oxygen atoms in total. The third-order valence-electron chi connectivity index (χ3n) is 4.61. The van der Waals surface area contributed by atoms with Gasteiger partial charge in [-0.1, -0.05) is 47.1 Å². The highest BCUT2D eigenvalue weighted by atomic mass is 35.5. The van der Waals surface area contributed by atoms with Crippen molar-refractivity contribution in [3.8, 4) is 0 Å². The standard InChI is InChI=1S/C22H23Cl2N5O2S/c1-4-29-20(14(3)25-21(31)17-9-8-15(23)11-18(17)24)27-28-22(29)32-12-19(30)26-16-7-5-6-13(2)10-16/h5-11,14H,4,12H2,1-3H3,(H,25,31)(H,26,30)/t14-/m1/s1. The molecule has 3 aromatic rings. The molecule has 1 aromatic heterocycles. The molecule has 2 amide bonds. The van der Waals surface area contributed by atoms with E-state index in [2.05, 4.69) is 20.8 Å². The van der Waals surface area contributed by atoms with Crippen molar-refractivity contribution in [2.45, 2.75) is 38.5 Å². The molecule has 168 valence electrons. The lowest BCUT2D eigenvalue weighted by Gasteiger charge is -2.15. The van der Waals surface area contributed by atoms with E-state index in [4.69, 9.17) is 23.2 Å². The Kier molecular flexibility index (Phi) is 8.17. The van der Waals surface area contributed by atoms with Crippen LogP contribution in [0.15, 0.2) is 47.6 Å². The number of rotatable bonds is 8. The van der Waals surface area contributed by atoms with Crippen LogP contribution in [0, 0.1) is 6.92 Å². The molecule has 0 saturated heterocycles. The molecule has 0 bridgehead atoms. The average molecular weight is 492 g/mol. The first-order valence-corrected chi connectivity index (χ1v) is 11.7. The van der Waals surface area contributed by atoms with Crippen LogP contribution in [0.4, 0.5) is 5.69 Å². The van der Waals surface area contributed by atoms with E-state index >= 15 is 0 Å². The number of anilines is 1.